The largest absolute Gasteiger partial charge is 0.507 e. The molecular formula is C15H14ClNO3. The van der Waals surface area contributed by atoms with E-state index < -0.39 is 0 Å². The highest BCUT2D eigenvalue weighted by atomic mass is 35.5. The van der Waals surface area contributed by atoms with E-state index in [1.165, 1.54) is 12.1 Å². The lowest BCUT2D eigenvalue weighted by Gasteiger charge is -2.08. The first kappa shape index (κ1) is 14.2. The normalized spacial score (nSPS) is 10.1. The molecule has 0 aromatic heterocycles. The molecule has 0 aliphatic rings. The number of rotatable bonds is 4. The van der Waals surface area contributed by atoms with Gasteiger partial charge in [0, 0.05) is 11.6 Å². The van der Waals surface area contributed by atoms with Crippen LogP contribution in [0, 0.1) is 0 Å². The van der Waals surface area contributed by atoms with E-state index in [0.717, 1.165) is 11.3 Å². The number of hydrogen-bond donors (Lipinski definition) is 2. The van der Waals surface area contributed by atoms with Gasteiger partial charge in [-0.25, -0.2) is 0 Å². The van der Waals surface area contributed by atoms with E-state index in [1.54, 1.807) is 13.2 Å². The third-order valence-corrected chi connectivity index (χ3v) is 3.05. The average Bonchev–Trinajstić information content (AvgIpc) is 2.45. The van der Waals surface area contributed by atoms with Crippen LogP contribution in [0.2, 0.25) is 5.02 Å². The summed E-state index contributed by atoms with van der Waals surface area (Å²) in [6.45, 7) is 0.366. The summed E-state index contributed by atoms with van der Waals surface area (Å²) < 4.78 is 5.06. The van der Waals surface area contributed by atoms with Gasteiger partial charge in [0.25, 0.3) is 5.91 Å². The quantitative estimate of drug-likeness (QED) is 0.910. The monoisotopic (exact) mass is 291 g/mol. The Kier molecular flexibility index (Phi) is 4.48. The number of amides is 1. The Morgan fingerprint density at radius 2 is 1.95 bits per heavy atom. The summed E-state index contributed by atoms with van der Waals surface area (Å²) >= 11 is 5.72. The third kappa shape index (κ3) is 3.42. The van der Waals surface area contributed by atoms with Crippen LogP contribution in [0.25, 0.3) is 0 Å². The highest BCUT2D eigenvalue weighted by Crippen LogP contribution is 2.21. The van der Waals surface area contributed by atoms with E-state index in [9.17, 15) is 9.90 Å². The van der Waals surface area contributed by atoms with Gasteiger partial charge in [-0.3, -0.25) is 4.79 Å². The molecular weight excluding hydrogens is 278 g/mol. The first-order chi connectivity index (χ1) is 9.60. The summed E-state index contributed by atoms with van der Waals surface area (Å²) in [6.07, 6.45) is 0. The number of phenolic OH excluding ortho intramolecular Hbond substituents is 1. The van der Waals surface area contributed by atoms with Gasteiger partial charge in [-0.05, 0) is 35.9 Å². The highest BCUT2D eigenvalue weighted by molar-refractivity contribution is 6.30. The van der Waals surface area contributed by atoms with Crippen molar-refractivity contribution in [1.29, 1.82) is 0 Å². The number of hydrogen-bond acceptors (Lipinski definition) is 3. The molecule has 0 bridgehead atoms. The second-order valence-corrected chi connectivity index (χ2v) is 4.63. The SMILES string of the molecule is COc1ccc(CNC(=O)c2ccc(Cl)cc2O)cc1. The highest BCUT2D eigenvalue weighted by Gasteiger charge is 2.10. The Balaban J connectivity index is 2.00. The molecule has 4 nitrogen and oxygen atoms in total. The van der Waals surface area contributed by atoms with Crippen molar-refractivity contribution in [3.63, 3.8) is 0 Å². The molecule has 0 fully saturated rings. The van der Waals surface area contributed by atoms with Crippen LogP contribution in [0.5, 0.6) is 11.5 Å². The zero-order chi connectivity index (χ0) is 14.5. The van der Waals surface area contributed by atoms with Crippen molar-refractivity contribution in [2.45, 2.75) is 6.54 Å². The minimum absolute atomic E-state index is 0.135. The average molecular weight is 292 g/mol. The van der Waals surface area contributed by atoms with E-state index >= 15 is 0 Å². The molecule has 2 aromatic rings. The third-order valence-electron chi connectivity index (χ3n) is 2.82. The summed E-state index contributed by atoms with van der Waals surface area (Å²) in [7, 11) is 1.60. The molecule has 0 saturated carbocycles. The standard InChI is InChI=1S/C15H14ClNO3/c1-20-12-5-2-10(3-6-12)9-17-15(19)13-7-4-11(16)8-14(13)18/h2-8,18H,9H2,1H3,(H,17,19). The van der Waals surface area contributed by atoms with Crippen LogP contribution in [0.3, 0.4) is 0 Å². The van der Waals surface area contributed by atoms with E-state index in [0.29, 0.717) is 11.6 Å². The van der Waals surface area contributed by atoms with Crippen LogP contribution in [0.4, 0.5) is 0 Å². The smallest absolute Gasteiger partial charge is 0.255 e. The van der Waals surface area contributed by atoms with E-state index in [1.807, 2.05) is 24.3 Å². The van der Waals surface area contributed by atoms with Crippen LogP contribution < -0.4 is 10.1 Å². The summed E-state index contributed by atoms with van der Waals surface area (Å²) in [5.74, 6) is 0.273. The molecule has 1 amide bonds. The Bertz CT molecular complexity index is 611. The predicted octanol–water partition coefficient (Wildman–Crippen LogP) is 2.98. The van der Waals surface area contributed by atoms with Gasteiger partial charge < -0.3 is 15.2 Å². The van der Waals surface area contributed by atoms with Gasteiger partial charge >= 0.3 is 0 Å². The Hall–Kier alpha value is -2.20. The number of nitrogens with one attached hydrogen (secondary N) is 1. The van der Waals surface area contributed by atoms with E-state index in [4.69, 9.17) is 16.3 Å². The van der Waals surface area contributed by atoms with E-state index in [-0.39, 0.29) is 17.2 Å². The molecule has 0 radical (unpaired) electrons. The first-order valence-electron chi connectivity index (χ1n) is 6.00. The lowest BCUT2D eigenvalue weighted by Crippen LogP contribution is -2.22. The summed E-state index contributed by atoms with van der Waals surface area (Å²) in [6, 6.07) is 11.7. The van der Waals surface area contributed by atoms with Gasteiger partial charge in [-0.15, -0.1) is 0 Å². The molecule has 5 heteroatoms. The van der Waals surface area contributed by atoms with E-state index in [2.05, 4.69) is 5.32 Å². The topological polar surface area (TPSA) is 58.6 Å². The second kappa shape index (κ2) is 6.30. The van der Waals surface area contributed by atoms with Crippen molar-refractivity contribution in [3.8, 4) is 11.5 Å². The fraction of sp³-hybridized carbons (Fsp3) is 0.133. The fourth-order valence-corrected chi connectivity index (χ4v) is 1.88. The maximum Gasteiger partial charge on any atom is 0.255 e. The second-order valence-electron chi connectivity index (χ2n) is 4.19. The Morgan fingerprint density at radius 1 is 1.25 bits per heavy atom. The fourth-order valence-electron chi connectivity index (χ4n) is 1.72. The van der Waals surface area contributed by atoms with Gasteiger partial charge in [0.15, 0.2) is 0 Å². The van der Waals surface area contributed by atoms with Gasteiger partial charge in [0.1, 0.15) is 11.5 Å². The van der Waals surface area contributed by atoms with Crippen LogP contribution in [0.1, 0.15) is 15.9 Å². The number of carbonyl (C=O) groups is 1. The molecule has 104 valence electrons. The van der Waals surface area contributed by atoms with Crippen LogP contribution >= 0.6 is 11.6 Å². The maximum atomic E-state index is 11.9. The van der Waals surface area contributed by atoms with Crippen molar-refractivity contribution in [2.24, 2.45) is 0 Å². The molecule has 0 saturated heterocycles. The molecule has 0 aliphatic heterocycles. The van der Waals surface area contributed by atoms with Gasteiger partial charge in [0.05, 0.1) is 12.7 Å². The zero-order valence-electron chi connectivity index (χ0n) is 10.9. The van der Waals surface area contributed by atoms with Gasteiger partial charge in [-0.2, -0.15) is 0 Å². The minimum atomic E-state index is -0.352. The number of benzene rings is 2. The molecule has 0 aliphatic carbocycles. The predicted molar refractivity (Wildman–Crippen MR) is 77.3 cm³/mol. The Morgan fingerprint density at radius 3 is 2.55 bits per heavy atom. The number of ether oxygens (including phenoxy) is 1. The van der Waals surface area contributed by atoms with Crippen molar-refractivity contribution >= 4 is 17.5 Å². The number of carbonyl (C=O) groups excluding carboxylic acids is 1. The molecule has 0 atom stereocenters. The van der Waals surface area contributed by atoms with Crippen molar-refractivity contribution in [3.05, 3.63) is 58.6 Å². The minimum Gasteiger partial charge on any atom is -0.507 e. The summed E-state index contributed by atoms with van der Waals surface area (Å²) in [5.41, 5.74) is 1.13. The lowest BCUT2D eigenvalue weighted by atomic mass is 10.1. The molecule has 2 rings (SSSR count). The number of halogens is 1. The first-order valence-corrected chi connectivity index (χ1v) is 6.37. The Labute approximate surface area is 122 Å². The number of aromatic hydroxyl groups is 1. The molecule has 2 N–H and O–H groups in total. The molecule has 2 aromatic carbocycles. The van der Waals surface area contributed by atoms with Crippen molar-refractivity contribution in [1.82, 2.24) is 5.32 Å². The number of methoxy groups -OCH3 is 1. The molecule has 0 spiro atoms. The van der Waals surface area contributed by atoms with Crippen LogP contribution in [0.15, 0.2) is 42.5 Å². The zero-order valence-corrected chi connectivity index (χ0v) is 11.6. The molecule has 0 heterocycles. The molecule has 20 heavy (non-hydrogen) atoms. The van der Waals surface area contributed by atoms with Gasteiger partial charge in [0.2, 0.25) is 0 Å². The van der Waals surface area contributed by atoms with Crippen LogP contribution in [-0.4, -0.2) is 18.1 Å². The van der Waals surface area contributed by atoms with Crippen molar-refractivity contribution in [2.75, 3.05) is 7.11 Å². The van der Waals surface area contributed by atoms with Gasteiger partial charge in [-0.1, -0.05) is 23.7 Å². The number of phenols is 1. The molecule has 0 unspecified atom stereocenters. The summed E-state index contributed by atoms with van der Waals surface area (Å²) in [4.78, 5) is 11.9. The van der Waals surface area contributed by atoms with Crippen molar-refractivity contribution < 1.29 is 14.6 Å². The lowest BCUT2D eigenvalue weighted by molar-refractivity contribution is 0.0948. The summed E-state index contributed by atoms with van der Waals surface area (Å²) in [5, 5.41) is 12.8. The van der Waals surface area contributed by atoms with Crippen LogP contribution in [-0.2, 0) is 6.54 Å². The maximum absolute atomic E-state index is 11.9.